The molecule has 1 fully saturated rings. The first-order chi connectivity index (χ1) is 8.64. The highest BCUT2D eigenvalue weighted by Crippen LogP contribution is 2.31. The van der Waals surface area contributed by atoms with Gasteiger partial charge in [0, 0.05) is 6.61 Å². The fourth-order valence-corrected chi connectivity index (χ4v) is 2.41. The normalized spacial score (nSPS) is 22.9. The molecule has 1 aromatic heterocycles. The van der Waals surface area contributed by atoms with E-state index in [1.165, 1.54) is 6.07 Å². The van der Waals surface area contributed by atoms with Gasteiger partial charge in [-0.1, -0.05) is 6.92 Å². The maximum Gasteiger partial charge on any atom is 0.141 e. The van der Waals surface area contributed by atoms with Crippen molar-refractivity contribution in [2.75, 3.05) is 6.61 Å². The van der Waals surface area contributed by atoms with Gasteiger partial charge in [0.2, 0.25) is 0 Å². The van der Waals surface area contributed by atoms with Gasteiger partial charge in [-0.3, -0.25) is 4.98 Å². The number of ether oxygens (including phenoxy) is 1. The van der Waals surface area contributed by atoms with Crippen molar-refractivity contribution in [3.63, 3.8) is 0 Å². The molecule has 0 spiro atoms. The fourth-order valence-electron chi connectivity index (χ4n) is 2.41. The van der Waals surface area contributed by atoms with E-state index < -0.39 is 5.60 Å². The number of aromatic nitrogens is 1. The van der Waals surface area contributed by atoms with Crippen molar-refractivity contribution in [3.05, 3.63) is 29.8 Å². The predicted octanol–water partition coefficient (Wildman–Crippen LogP) is 2.78. The molecule has 1 saturated heterocycles. The average Bonchev–Trinajstić information content (AvgIpc) is 2.90. The third-order valence-electron chi connectivity index (χ3n) is 3.69. The van der Waals surface area contributed by atoms with Crippen LogP contribution >= 0.6 is 0 Å². The molecule has 100 valence electrons. The minimum absolute atomic E-state index is 0.253. The van der Waals surface area contributed by atoms with Gasteiger partial charge in [-0.15, -0.1) is 0 Å². The van der Waals surface area contributed by atoms with Crippen LogP contribution in [-0.2, 0) is 10.3 Å². The maximum atomic E-state index is 12.8. The number of nitrogens with zero attached hydrogens (tertiary/aromatic N) is 1. The van der Waals surface area contributed by atoms with Crippen LogP contribution in [0.1, 0.15) is 44.7 Å². The van der Waals surface area contributed by atoms with Gasteiger partial charge in [0.15, 0.2) is 0 Å². The molecule has 2 unspecified atom stereocenters. The van der Waals surface area contributed by atoms with Crippen LogP contribution in [0.25, 0.3) is 0 Å². The van der Waals surface area contributed by atoms with Gasteiger partial charge in [0.1, 0.15) is 11.4 Å². The zero-order chi connectivity index (χ0) is 13.0. The van der Waals surface area contributed by atoms with Gasteiger partial charge in [-0.25, -0.2) is 4.39 Å². The largest absolute Gasteiger partial charge is 0.384 e. The van der Waals surface area contributed by atoms with Crippen molar-refractivity contribution in [2.24, 2.45) is 0 Å². The van der Waals surface area contributed by atoms with Crippen molar-refractivity contribution in [1.82, 2.24) is 4.98 Å². The molecule has 1 aliphatic heterocycles. The summed E-state index contributed by atoms with van der Waals surface area (Å²) >= 11 is 0. The Labute approximate surface area is 107 Å². The molecular formula is C14H20FNO2. The van der Waals surface area contributed by atoms with Crippen molar-refractivity contribution in [3.8, 4) is 0 Å². The molecule has 0 amide bonds. The topological polar surface area (TPSA) is 42.4 Å². The molecule has 2 atom stereocenters. The lowest BCUT2D eigenvalue weighted by atomic mass is 9.89. The summed E-state index contributed by atoms with van der Waals surface area (Å²) in [6, 6.07) is 2.91. The van der Waals surface area contributed by atoms with E-state index in [4.69, 9.17) is 4.74 Å². The van der Waals surface area contributed by atoms with Crippen LogP contribution in [0, 0.1) is 5.82 Å². The van der Waals surface area contributed by atoms with Gasteiger partial charge in [0.25, 0.3) is 0 Å². The number of rotatable bonds is 5. The second-order valence-electron chi connectivity index (χ2n) is 4.92. The number of pyridine rings is 1. The second kappa shape index (κ2) is 5.76. The lowest BCUT2D eigenvalue weighted by Gasteiger charge is -2.27. The van der Waals surface area contributed by atoms with Crippen molar-refractivity contribution in [1.29, 1.82) is 0 Å². The summed E-state index contributed by atoms with van der Waals surface area (Å²) in [6.07, 6.45) is 5.57. The third-order valence-corrected chi connectivity index (χ3v) is 3.69. The molecule has 1 N–H and O–H groups in total. The zero-order valence-electron chi connectivity index (χ0n) is 10.7. The minimum Gasteiger partial charge on any atom is -0.384 e. The fraction of sp³-hybridized carbons (Fsp3) is 0.643. The molecule has 3 nitrogen and oxygen atoms in total. The summed E-state index contributed by atoms with van der Waals surface area (Å²) in [4.78, 5) is 4.00. The minimum atomic E-state index is -0.973. The first-order valence-corrected chi connectivity index (χ1v) is 6.60. The van der Waals surface area contributed by atoms with Crippen LogP contribution in [0.5, 0.6) is 0 Å². The van der Waals surface area contributed by atoms with E-state index in [1.807, 2.05) is 6.92 Å². The summed E-state index contributed by atoms with van der Waals surface area (Å²) < 4.78 is 18.4. The second-order valence-corrected chi connectivity index (χ2v) is 4.92. The van der Waals surface area contributed by atoms with Crippen molar-refractivity contribution in [2.45, 2.75) is 50.7 Å². The molecule has 4 heteroatoms. The number of halogens is 1. The molecule has 1 aromatic rings. The SMILES string of the molecule is CCC(O)(CCC1CCCO1)c1ccc(F)cn1. The van der Waals surface area contributed by atoms with Crippen LogP contribution in [0.4, 0.5) is 4.39 Å². The lowest BCUT2D eigenvalue weighted by Crippen LogP contribution is -2.27. The third kappa shape index (κ3) is 3.06. The van der Waals surface area contributed by atoms with Crippen LogP contribution in [0.2, 0.25) is 0 Å². The highest BCUT2D eigenvalue weighted by Gasteiger charge is 2.30. The molecule has 2 rings (SSSR count). The Morgan fingerprint density at radius 2 is 2.39 bits per heavy atom. The smallest absolute Gasteiger partial charge is 0.141 e. The zero-order valence-corrected chi connectivity index (χ0v) is 10.7. The van der Waals surface area contributed by atoms with E-state index in [0.29, 0.717) is 18.5 Å². The number of hydrogen-bond donors (Lipinski definition) is 1. The van der Waals surface area contributed by atoms with E-state index in [0.717, 1.165) is 32.1 Å². The molecule has 2 heterocycles. The van der Waals surface area contributed by atoms with Crippen LogP contribution in [0.15, 0.2) is 18.3 Å². The molecule has 0 aromatic carbocycles. The van der Waals surface area contributed by atoms with Crippen molar-refractivity contribution >= 4 is 0 Å². The van der Waals surface area contributed by atoms with Gasteiger partial charge in [-0.2, -0.15) is 0 Å². The van der Waals surface area contributed by atoms with Gasteiger partial charge >= 0.3 is 0 Å². The van der Waals surface area contributed by atoms with E-state index in [2.05, 4.69) is 4.98 Å². The van der Waals surface area contributed by atoms with Crippen LogP contribution in [0.3, 0.4) is 0 Å². The highest BCUT2D eigenvalue weighted by atomic mass is 19.1. The van der Waals surface area contributed by atoms with Gasteiger partial charge in [0.05, 0.1) is 18.0 Å². The molecular weight excluding hydrogens is 233 g/mol. The molecule has 0 aliphatic carbocycles. The number of hydrogen-bond acceptors (Lipinski definition) is 3. The van der Waals surface area contributed by atoms with E-state index in [1.54, 1.807) is 6.07 Å². The Morgan fingerprint density at radius 1 is 1.56 bits per heavy atom. The first-order valence-electron chi connectivity index (χ1n) is 6.60. The Kier molecular flexibility index (Phi) is 4.30. The Morgan fingerprint density at radius 3 is 2.94 bits per heavy atom. The summed E-state index contributed by atoms with van der Waals surface area (Å²) in [5, 5.41) is 10.6. The maximum absolute atomic E-state index is 12.8. The molecule has 0 saturated carbocycles. The molecule has 0 bridgehead atoms. The molecule has 1 aliphatic rings. The first kappa shape index (κ1) is 13.4. The monoisotopic (exact) mass is 253 g/mol. The Balaban J connectivity index is 2.01. The lowest BCUT2D eigenvalue weighted by molar-refractivity contribution is -0.000295. The van der Waals surface area contributed by atoms with Gasteiger partial charge < -0.3 is 9.84 Å². The van der Waals surface area contributed by atoms with Crippen LogP contribution in [-0.4, -0.2) is 22.8 Å². The van der Waals surface area contributed by atoms with E-state index in [-0.39, 0.29) is 11.9 Å². The summed E-state index contributed by atoms with van der Waals surface area (Å²) in [7, 11) is 0. The molecule has 0 radical (unpaired) electrons. The number of aliphatic hydroxyl groups is 1. The van der Waals surface area contributed by atoms with E-state index in [9.17, 15) is 9.50 Å². The highest BCUT2D eigenvalue weighted by molar-refractivity contribution is 5.13. The standard InChI is InChI=1S/C14H20FNO2/c1-2-14(17,8-7-12-4-3-9-18-12)13-6-5-11(15)10-16-13/h5-6,10,12,17H,2-4,7-9H2,1H3. The molecule has 18 heavy (non-hydrogen) atoms. The van der Waals surface area contributed by atoms with Crippen LogP contribution < -0.4 is 0 Å². The predicted molar refractivity (Wildman–Crippen MR) is 66.6 cm³/mol. The Bertz CT molecular complexity index is 376. The Hall–Kier alpha value is -1.00. The quantitative estimate of drug-likeness (QED) is 0.877. The summed E-state index contributed by atoms with van der Waals surface area (Å²) in [5.74, 6) is -0.378. The average molecular weight is 253 g/mol. The van der Waals surface area contributed by atoms with E-state index >= 15 is 0 Å². The summed E-state index contributed by atoms with van der Waals surface area (Å²) in [5.41, 5.74) is -0.427. The summed E-state index contributed by atoms with van der Waals surface area (Å²) in [6.45, 7) is 2.74. The van der Waals surface area contributed by atoms with Crippen molar-refractivity contribution < 1.29 is 14.2 Å². The van der Waals surface area contributed by atoms with Gasteiger partial charge in [-0.05, 0) is 44.2 Å².